The van der Waals surface area contributed by atoms with Crippen molar-refractivity contribution in [3.8, 4) is 0 Å². The summed E-state index contributed by atoms with van der Waals surface area (Å²) >= 11 is 0. The van der Waals surface area contributed by atoms with Crippen molar-refractivity contribution in [2.75, 3.05) is 19.7 Å². The second-order valence-electron chi connectivity index (χ2n) is 18.2. The topological polar surface area (TPSA) is 127 Å². The molecule has 2 amide bonds. The van der Waals surface area contributed by atoms with Crippen LogP contribution >= 0.6 is 0 Å². The van der Waals surface area contributed by atoms with Crippen LogP contribution in [0.2, 0.25) is 0 Å². The van der Waals surface area contributed by atoms with Crippen molar-refractivity contribution in [3.63, 3.8) is 0 Å². The first-order valence-corrected chi connectivity index (χ1v) is 20.4. The first kappa shape index (κ1) is 35.6. The number of fused-ring (bicyclic) bond motifs is 3. The fourth-order valence-electron chi connectivity index (χ4n) is 10.7. The van der Waals surface area contributed by atoms with Gasteiger partial charge in [-0.25, -0.2) is 4.79 Å². The molecule has 0 radical (unpaired) electrons. The van der Waals surface area contributed by atoms with Gasteiger partial charge in [-0.1, -0.05) is 43.7 Å². The van der Waals surface area contributed by atoms with E-state index in [1.165, 1.54) is 5.57 Å². The van der Waals surface area contributed by atoms with Crippen molar-refractivity contribution < 1.29 is 38.4 Å². The lowest BCUT2D eigenvalue weighted by molar-refractivity contribution is -0.209. The van der Waals surface area contributed by atoms with E-state index in [1.807, 2.05) is 30.3 Å². The fourth-order valence-corrected chi connectivity index (χ4v) is 10.7. The lowest BCUT2D eigenvalue weighted by Gasteiger charge is -2.53. The number of epoxide rings is 1. The van der Waals surface area contributed by atoms with Crippen molar-refractivity contribution in [2.24, 2.45) is 29.1 Å². The molecule has 2 N–H and O–H groups in total. The van der Waals surface area contributed by atoms with Crippen LogP contribution in [0, 0.1) is 29.1 Å². The highest BCUT2D eigenvalue weighted by Crippen LogP contribution is 2.61. The number of rotatable bonds is 9. The average Bonchev–Trinajstić information content (AvgIpc) is 4.10. The van der Waals surface area contributed by atoms with Gasteiger partial charge in [-0.05, 0) is 113 Å². The Labute approximate surface area is 313 Å². The first-order valence-electron chi connectivity index (χ1n) is 20.4. The Morgan fingerprint density at radius 1 is 1.00 bits per heavy atom. The number of hydrogen-bond donors (Lipinski definition) is 2. The Bertz CT molecular complexity index is 1700. The van der Waals surface area contributed by atoms with Crippen molar-refractivity contribution >= 4 is 23.9 Å². The third kappa shape index (κ3) is 6.49. The summed E-state index contributed by atoms with van der Waals surface area (Å²) in [6, 6.07) is 7.12. The number of carbonyl (C=O) groups is 3. The van der Waals surface area contributed by atoms with Crippen LogP contribution in [0.15, 0.2) is 41.5 Å². The maximum atomic E-state index is 14.4. The molecular weight excluding hydrogens is 672 g/mol. The molecule has 3 saturated heterocycles. The summed E-state index contributed by atoms with van der Waals surface area (Å²) in [5.41, 5.74) is 3.55. The molecule has 1 aromatic carbocycles. The number of benzene rings is 1. The Hall–Kier alpha value is -3.05. The van der Waals surface area contributed by atoms with Crippen LogP contribution in [0.4, 0.5) is 0 Å². The van der Waals surface area contributed by atoms with Crippen molar-refractivity contribution in [3.05, 3.63) is 52.6 Å². The highest BCUT2D eigenvalue weighted by Gasteiger charge is 2.65. The number of aliphatic hydroxyl groups is 1. The predicted octanol–water partition coefficient (Wildman–Crippen LogP) is 5.72. The average molecular weight is 729 g/mol. The van der Waals surface area contributed by atoms with E-state index >= 15 is 0 Å². The summed E-state index contributed by atoms with van der Waals surface area (Å²) in [7, 11) is 0. The number of hydrogen-bond acceptors (Lipinski definition) is 8. The zero-order valence-electron chi connectivity index (χ0n) is 31.5. The molecule has 8 aliphatic rings. The molecule has 10 heteroatoms. The Morgan fingerprint density at radius 3 is 2.51 bits per heavy atom. The third-order valence-electron chi connectivity index (χ3n) is 14.1. The summed E-state index contributed by atoms with van der Waals surface area (Å²) in [5, 5.41) is 12.0. The number of esters is 1. The van der Waals surface area contributed by atoms with E-state index < -0.39 is 36.1 Å². The molecule has 0 aromatic heterocycles. The second-order valence-corrected chi connectivity index (χ2v) is 18.2. The summed E-state index contributed by atoms with van der Waals surface area (Å²) in [4.78, 5) is 43.2. The quantitative estimate of drug-likeness (QED) is 0.245. The van der Waals surface area contributed by atoms with Crippen molar-refractivity contribution in [1.82, 2.24) is 10.2 Å². The van der Waals surface area contributed by atoms with Crippen LogP contribution in [-0.4, -0.2) is 89.3 Å². The number of amides is 2. The number of likely N-dealkylation sites (tertiary alicyclic amines) is 1. The molecule has 286 valence electrons. The number of nitrogens with zero attached hydrogens (tertiary/aromatic N) is 1. The molecule has 7 fully saturated rings. The number of nitrogens with one attached hydrogen (secondary N) is 1. The molecule has 1 aromatic rings. The molecular formula is C43H56N2O8. The molecule has 53 heavy (non-hydrogen) atoms. The van der Waals surface area contributed by atoms with Gasteiger partial charge < -0.3 is 34.3 Å². The molecule has 3 aliphatic heterocycles. The van der Waals surface area contributed by atoms with Gasteiger partial charge in [-0.3, -0.25) is 9.59 Å². The van der Waals surface area contributed by atoms with Crippen LogP contribution in [0.1, 0.15) is 114 Å². The third-order valence-corrected chi connectivity index (χ3v) is 14.1. The van der Waals surface area contributed by atoms with Gasteiger partial charge in [0.1, 0.15) is 24.4 Å². The maximum absolute atomic E-state index is 14.4. The molecule has 8 atom stereocenters. The van der Waals surface area contributed by atoms with Crippen LogP contribution in [0.3, 0.4) is 0 Å². The van der Waals surface area contributed by atoms with Gasteiger partial charge in [0.05, 0.1) is 23.9 Å². The molecule has 9 rings (SSSR count). The lowest BCUT2D eigenvalue weighted by atomic mass is 9.52. The number of allylic oxidation sites excluding steroid dienone is 1. The van der Waals surface area contributed by atoms with Crippen molar-refractivity contribution in [1.29, 1.82) is 0 Å². The zero-order valence-corrected chi connectivity index (χ0v) is 31.5. The lowest BCUT2D eigenvalue weighted by Crippen LogP contribution is -2.49. The second kappa shape index (κ2) is 13.3. The minimum absolute atomic E-state index is 0.00453. The monoisotopic (exact) mass is 728 g/mol. The van der Waals surface area contributed by atoms with E-state index in [0.717, 1.165) is 63.4 Å². The number of aliphatic hydroxyl groups excluding tert-OH is 1. The van der Waals surface area contributed by atoms with Gasteiger partial charge in [0, 0.05) is 36.9 Å². The smallest absolute Gasteiger partial charge is 0.339 e. The van der Waals surface area contributed by atoms with Crippen LogP contribution in [0.25, 0.3) is 6.08 Å². The van der Waals surface area contributed by atoms with Gasteiger partial charge in [0.15, 0.2) is 5.79 Å². The zero-order chi connectivity index (χ0) is 36.7. The Balaban J connectivity index is 0.987. The van der Waals surface area contributed by atoms with E-state index in [4.69, 9.17) is 18.9 Å². The highest BCUT2D eigenvalue weighted by atomic mass is 16.8. The van der Waals surface area contributed by atoms with E-state index in [2.05, 4.69) is 32.2 Å². The number of ether oxygens (including phenoxy) is 4. The fraction of sp³-hybridized carbons (Fsp3) is 0.698. The summed E-state index contributed by atoms with van der Waals surface area (Å²) in [5.74, 6) is 0.0725. The molecule has 10 nitrogen and oxygen atoms in total. The van der Waals surface area contributed by atoms with Crippen LogP contribution < -0.4 is 5.32 Å². The summed E-state index contributed by atoms with van der Waals surface area (Å²) in [6.45, 7) is 7.48. The molecule has 5 aliphatic carbocycles. The Morgan fingerprint density at radius 2 is 1.77 bits per heavy atom. The van der Waals surface area contributed by atoms with Gasteiger partial charge in [-0.2, -0.15) is 0 Å². The first-order chi connectivity index (χ1) is 25.5. The standard InChI is InChI=1S/C43H56N2O8/c1-41(2)24-31-26(10-15-36-42(3,52-36)17-16-32(31)41)21-25-7-4-5-8-30(25)40(49)50-34-22-27(39(48)45-19-6-9-33(45)38(47)44-18-20-46)23-35-37(34)53-43(51-35,28-11-12-28)29-13-14-29/h4-5,7-8,21,23,28-29,31-37,46H,6,9-20,22,24H2,1-3H3,(H,44,47). The minimum Gasteiger partial charge on any atom is -0.456 e. The van der Waals surface area contributed by atoms with E-state index in [9.17, 15) is 19.5 Å². The molecule has 0 spiro atoms. The van der Waals surface area contributed by atoms with Crippen LogP contribution in [-0.2, 0) is 28.5 Å². The highest BCUT2D eigenvalue weighted by molar-refractivity contribution is 5.98. The van der Waals surface area contributed by atoms with E-state index in [0.29, 0.717) is 60.3 Å². The summed E-state index contributed by atoms with van der Waals surface area (Å²) < 4.78 is 26.4. The number of carbonyl (C=O) groups excluding carboxylic acids is 3. The molecule has 4 saturated carbocycles. The van der Waals surface area contributed by atoms with Gasteiger partial charge in [0.25, 0.3) is 0 Å². The van der Waals surface area contributed by atoms with Gasteiger partial charge in [0.2, 0.25) is 11.8 Å². The predicted molar refractivity (Wildman–Crippen MR) is 196 cm³/mol. The Kier molecular flexibility index (Phi) is 8.95. The minimum atomic E-state index is -0.729. The van der Waals surface area contributed by atoms with E-state index in [-0.39, 0.29) is 42.4 Å². The van der Waals surface area contributed by atoms with E-state index in [1.54, 1.807) is 4.90 Å². The van der Waals surface area contributed by atoms with Gasteiger partial charge >= 0.3 is 5.97 Å². The largest absolute Gasteiger partial charge is 0.456 e. The molecule has 3 heterocycles. The maximum Gasteiger partial charge on any atom is 0.339 e. The van der Waals surface area contributed by atoms with Crippen LogP contribution in [0.5, 0.6) is 0 Å². The SMILES string of the molecule is CC1(C)CC2C(=Cc3ccccc3C(=O)OC3CC(C(=O)N4CCCC4C(=O)NCCO)=CC4OC(C5CC5)(C5CC5)OC43)CCC3OC3(C)CCC21. The normalized spacial score (nSPS) is 37.5. The molecule has 0 bridgehead atoms. The van der Waals surface area contributed by atoms with Gasteiger partial charge in [-0.15, -0.1) is 0 Å². The summed E-state index contributed by atoms with van der Waals surface area (Å²) in [6.07, 6.45) is 13.6. The molecule has 8 unspecified atom stereocenters. The van der Waals surface area contributed by atoms with Crippen molar-refractivity contribution in [2.45, 2.75) is 140 Å².